The van der Waals surface area contributed by atoms with Crippen molar-refractivity contribution in [1.82, 2.24) is 0 Å². The van der Waals surface area contributed by atoms with Crippen LogP contribution in [0.1, 0.15) is 66.7 Å². The predicted molar refractivity (Wildman–Crippen MR) is 98.6 cm³/mol. The van der Waals surface area contributed by atoms with Gasteiger partial charge in [-0.05, 0) is 32.1 Å². The standard InChI is InChI=1S/C21H32O6/c1-7-12(2)17(22)26-16-15-14(4)18(23)27-21(15,25-6)11-20(24)10-8-9-13(3)19(16,20)5/h12-13,16,24H,7-11H2,1-6H3. The molecule has 6 heteroatoms. The number of ether oxygens (including phenoxy) is 3. The lowest BCUT2D eigenvalue weighted by Crippen LogP contribution is -2.68. The second kappa shape index (κ2) is 6.59. The highest BCUT2D eigenvalue weighted by atomic mass is 16.7. The van der Waals surface area contributed by atoms with E-state index in [1.54, 1.807) is 6.92 Å². The lowest BCUT2D eigenvalue weighted by Gasteiger charge is -2.61. The van der Waals surface area contributed by atoms with E-state index in [1.165, 1.54) is 7.11 Å². The highest BCUT2D eigenvalue weighted by Crippen LogP contribution is 2.63. The maximum Gasteiger partial charge on any atom is 0.336 e. The van der Waals surface area contributed by atoms with Crippen LogP contribution >= 0.6 is 0 Å². The van der Waals surface area contributed by atoms with Crippen LogP contribution in [-0.2, 0) is 23.8 Å². The van der Waals surface area contributed by atoms with Crippen molar-refractivity contribution in [2.45, 2.75) is 84.2 Å². The lowest BCUT2D eigenvalue weighted by atomic mass is 9.49. The number of fused-ring (bicyclic) bond motifs is 2. The molecule has 152 valence electrons. The molecule has 1 aliphatic heterocycles. The number of carbonyl (C=O) groups excluding carboxylic acids is 2. The zero-order valence-corrected chi connectivity index (χ0v) is 17.3. The van der Waals surface area contributed by atoms with E-state index in [9.17, 15) is 14.7 Å². The highest BCUT2D eigenvalue weighted by molar-refractivity contribution is 5.93. The van der Waals surface area contributed by atoms with Gasteiger partial charge < -0.3 is 19.3 Å². The van der Waals surface area contributed by atoms with Crippen LogP contribution in [0.2, 0.25) is 0 Å². The lowest BCUT2D eigenvalue weighted by molar-refractivity contribution is -0.282. The van der Waals surface area contributed by atoms with E-state index in [4.69, 9.17) is 14.2 Å². The normalized spacial score (nSPS) is 42.3. The third kappa shape index (κ3) is 2.67. The summed E-state index contributed by atoms with van der Waals surface area (Å²) in [6.45, 7) is 9.50. The molecule has 0 aromatic carbocycles. The number of rotatable bonds is 4. The fraction of sp³-hybridized carbons (Fsp3) is 0.810. The van der Waals surface area contributed by atoms with Crippen molar-refractivity contribution in [2.24, 2.45) is 17.3 Å². The Bertz CT molecular complexity index is 684. The van der Waals surface area contributed by atoms with Crippen molar-refractivity contribution in [2.75, 3.05) is 7.11 Å². The van der Waals surface area contributed by atoms with Crippen LogP contribution in [0.4, 0.5) is 0 Å². The molecule has 6 unspecified atom stereocenters. The smallest absolute Gasteiger partial charge is 0.336 e. The van der Waals surface area contributed by atoms with Gasteiger partial charge in [0, 0.05) is 24.5 Å². The van der Waals surface area contributed by atoms with E-state index in [1.807, 2.05) is 20.8 Å². The molecule has 2 saturated carbocycles. The van der Waals surface area contributed by atoms with Crippen LogP contribution in [0, 0.1) is 17.3 Å². The van der Waals surface area contributed by atoms with Gasteiger partial charge in [-0.15, -0.1) is 0 Å². The fourth-order valence-electron chi connectivity index (χ4n) is 5.20. The fourth-order valence-corrected chi connectivity index (χ4v) is 5.20. The van der Waals surface area contributed by atoms with Gasteiger partial charge in [0.1, 0.15) is 6.10 Å². The molecule has 2 fully saturated rings. The first-order valence-electron chi connectivity index (χ1n) is 9.99. The predicted octanol–water partition coefficient (Wildman–Crippen LogP) is 3.12. The van der Waals surface area contributed by atoms with Crippen LogP contribution in [0.5, 0.6) is 0 Å². The summed E-state index contributed by atoms with van der Waals surface area (Å²) in [7, 11) is 1.47. The van der Waals surface area contributed by atoms with Crippen LogP contribution in [0.15, 0.2) is 11.1 Å². The average Bonchev–Trinajstić information content (AvgIpc) is 2.87. The first kappa shape index (κ1) is 20.3. The van der Waals surface area contributed by atoms with E-state index in [0.29, 0.717) is 24.0 Å². The summed E-state index contributed by atoms with van der Waals surface area (Å²) in [5.41, 5.74) is -0.899. The van der Waals surface area contributed by atoms with Gasteiger partial charge in [-0.1, -0.05) is 34.1 Å². The minimum absolute atomic E-state index is 0.108. The molecular weight excluding hydrogens is 348 g/mol. The van der Waals surface area contributed by atoms with Crippen molar-refractivity contribution >= 4 is 11.9 Å². The Morgan fingerprint density at radius 2 is 2.11 bits per heavy atom. The first-order chi connectivity index (χ1) is 12.6. The third-order valence-electron chi connectivity index (χ3n) is 7.54. The van der Waals surface area contributed by atoms with E-state index >= 15 is 0 Å². The van der Waals surface area contributed by atoms with Crippen molar-refractivity contribution in [3.63, 3.8) is 0 Å². The number of esters is 2. The number of carbonyl (C=O) groups is 2. The Balaban J connectivity index is 2.18. The van der Waals surface area contributed by atoms with E-state index in [2.05, 4.69) is 6.92 Å². The molecule has 3 aliphatic rings. The van der Waals surface area contributed by atoms with Crippen LogP contribution in [0.3, 0.4) is 0 Å². The Hall–Kier alpha value is -1.40. The molecular formula is C21H32O6. The second-order valence-electron chi connectivity index (χ2n) is 8.80. The van der Waals surface area contributed by atoms with Crippen LogP contribution in [0.25, 0.3) is 0 Å². The van der Waals surface area contributed by atoms with Crippen LogP contribution < -0.4 is 0 Å². The number of hydrogen-bond acceptors (Lipinski definition) is 6. The molecule has 1 N–H and O–H groups in total. The van der Waals surface area contributed by atoms with E-state index in [-0.39, 0.29) is 24.2 Å². The summed E-state index contributed by atoms with van der Waals surface area (Å²) >= 11 is 0. The summed E-state index contributed by atoms with van der Waals surface area (Å²) in [5.74, 6) is -2.33. The quantitative estimate of drug-likeness (QED) is 0.755. The molecule has 0 spiro atoms. The Morgan fingerprint density at radius 3 is 2.70 bits per heavy atom. The van der Waals surface area contributed by atoms with Gasteiger partial charge in [0.15, 0.2) is 0 Å². The number of methoxy groups -OCH3 is 1. The van der Waals surface area contributed by atoms with Gasteiger partial charge in [0.25, 0.3) is 0 Å². The van der Waals surface area contributed by atoms with Gasteiger partial charge in [0.2, 0.25) is 5.79 Å². The molecule has 1 heterocycles. The minimum atomic E-state index is -1.37. The average molecular weight is 380 g/mol. The van der Waals surface area contributed by atoms with E-state index < -0.39 is 28.9 Å². The molecule has 3 rings (SSSR count). The molecule has 0 aromatic rings. The molecule has 27 heavy (non-hydrogen) atoms. The van der Waals surface area contributed by atoms with Crippen LogP contribution in [-0.4, -0.2) is 41.6 Å². The molecule has 0 radical (unpaired) electrons. The zero-order chi connectivity index (χ0) is 20.2. The van der Waals surface area contributed by atoms with Gasteiger partial charge in [0.05, 0.1) is 17.1 Å². The number of aliphatic hydroxyl groups is 1. The van der Waals surface area contributed by atoms with Crippen molar-refractivity contribution in [3.05, 3.63) is 11.1 Å². The molecule has 6 atom stereocenters. The van der Waals surface area contributed by atoms with Gasteiger partial charge in [-0.25, -0.2) is 4.79 Å². The maximum atomic E-state index is 12.7. The summed E-state index contributed by atoms with van der Waals surface area (Å²) in [5, 5.41) is 11.7. The SMILES string of the molecule is CCC(C)C(=O)OC1C2=C(C)C(=O)OC2(OC)CC2(O)CCCC(C)C12C. The Morgan fingerprint density at radius 1 is 1.44 bits per heavy atom. The summed E-state index contributed by atoms with van der Waals surface area (Å²) in [4.78, 5) is 25.2. The summed E-state index contributed by atoms with van der Waals surface area (Å²) in [6, 6.07) is 0. The molecule has 6 nitrogen and oxygen atoms in total. The molecule has 0 aromatic heterocycles. The summed E-state index contributed by atoms with van der Waals surface area (Å²) < 4.78 is 17.3. The molecule has 0 amide bonds. The van der Waals surface area contributed by atoms with Crippen molar-refractivity contribution in [1.29, 1.82) is 0 Å². The Labute approximate surface area is 161 Å². The zero-order valence-electron chi connectivity index (χ0n) is 17.3. The van der Waals surface area contributed by atoms with Gasteiger partial charge >= 0.3 is 11.9 Å². The highest BCUT2D eigenvalue weighted by Gasteiger charge is 2.71. The third-order valence-corrected chi connectivity index (χ3v) is 7.54. The van der Waals surface area contributed by atoms with Crippen molar-refractivity contribution in [3.8, 4) is 0 Å². The summed E-state index contributed by atoms with van der Waals surface area (Å²) in [6.07, 6.45) is 2.40. The number of hydrogen-bond donors (Lipinski definition) is 1. The largest absolute Gasteiger partial charge is 0.457 e. The van der Waals surface area contributed by atoms with E-state index in [0.717, 1.165) is 12.8 Å². The maximum absolute atomic E-state index is 12.7. The van der Waals surface area contributed by atoms with Gasteiger partial charge in [-0.3, -0.25) is 4.79 Å². The second-order valence-corrected chi connectivity index (χ2v) is 8.80. The first-order valence-corrected chi connectivity index (χ1v) is 9.99. The van der Waals surface area contributed by atoms with Crippen molar-refractivity contribution < 1.29 is 28.9 Å². The molecule has 0 bridgehead atoms. The topological polar surface area (TPSA) is 82.1 Å². The Kier molecular flexibility index (Phi) is 4.96. The monoisotopic (exact) mass is 380 g/mol. The minimum Gasteiger partial charge on any atom is -0.457 e. The molecule has 0 saturated heterocycles. The van der Waals surface area contributed by atoms with Gasteiger partial charge in [-0.2, -0.15) is 0 Å². The molecule has 2 aliphatic carbocycles.